The van der Waals surface area contributed by atoms with Gasteiger partial charge in [0.1, 0.15) is 0 Å². The summed E-state index contributed by atoms with van der Waals surface area (Å²) in [5, 5.41) is 8.12. The van der Waals surface area contributed by atoms with E-state index in [1.165, 1.54) is 18.2 Å². The Kier molecular flexibility index (Phi) is 7.13. The molecule has 1 saturated heterocycles. The molecule has 1 heterocycles. The maximum absolute atomic E-state index is 13.1. The number of unbranched alkanes of at least 4 members (excludes halogenated alkanes) is 1. The Labute approximate surface area is 182 Å². The normalized spacial score (nSPS) is 16.1. The Bertz CT molecular complexity index is 1040. The number of carbonyl (C=O) groups is 2. The molecule has 4 amide bonds. The molecule has 10 heteroatoms. The van der Waals surface area contributed by atoms with E-state index >= 15 is 0 Å². The minimum atomic E-state index is -4.09. The minimum absolute atomic E-state index is 0.0109. The molecular formula is C21H27N5O4S. The number of amides is 4. The zero-order valence-corrected chi connectivity index (χ0v) is 18.1. The number of nitrogens with zero attached hydrogens (tertiary/aromatic N) is 1. The lowest BCUT2D eigenvalue weighted by molar-refractivity contribution is 0.235. The molecular weight excluding hydrogens is 418 g/mol. The van der Waals surface area contributed by atoms with Crippen LogP contribution >= 0.6 is 0 Å². The maximum Gasteiger partial charge on any atom is 0.331 e. The van der Waals surface area contributed by atoms with Gasteiger partial charge in [-0.1, -0.05) is 43.7 Å². The van der Waals surface area contributed by atoms with Crippen LogP contribution in [0.3, 0.4) is 0 Å². The highest BCUT2D eigenvalue weighted by atomic mass is 32.2. The molecule has 2 aromatic carbocycles. The van der Waals surface area contributed by atoms with E-state index in [-0.39, 0.29) is 24.0 Å². The number of anilines is 1. The van der Waals surface area contributed by atoms with Crippen molar-refractivity contribution in [3.05, 3.63) is 59.7 Å². The molecule has 0 radical (unpaired) electrons. The summed E-state index contributed by atoms with van der Waals surface area (Å²) in [4.78, 5) is 24.4. The van der Waals surface area contributed by atoms with Crippen molar-refractivity contribution < 1.29 is 18.0 Å². The first-order valence-electron chi connectivity index (χ1n) is 10.1. The number of urea groups is 2. The monoisotopic (exact) mass is 445 g/mol. The number of benzene rings is 2. The summed E-state index contributed by atoms with van der Waals surface area (Å²) < 4.78 is 27.1. The number of nitrogens with one attached hydrogen (secondary N) is 3. The second-order valence-corrected chi connectivity index (χ2v) is 9.07. The summed E-state index contributed by atoms with van der Waals surface area (Å²) in [6, 6.07) is 11.9. The lowest BCUT2D eigenvalue weighted by Gasteiger charge is -2.17. The Balaban J connectivity index is 1.78. The molecule has 0 unspecified atom stereocenters. The smallest absolute Gasteiger partial charge is 0.331 e. The Morgan fingerprint density at radius 3 is 2.65 bits per heavy atom. The lowest BCUT2D eigenvalue weighted by Crippen LogP contribution is -2.34. The van der Waals surface area contributed by atoms with Crippen molar-refractivity contribution in [1.82, 2.24) is 14.9 Å². The van der Waals surface area contributed by atoms with Crippen LogP contribution in [-0.4, -0.2) is 37.9 Å². The molecule has 1 aliphatic rings. The first-order chi connectivity index (χ1) is 14.9. The summed E-state index contributed by atoms with van der Waals surface area (Å²) in [5.41, 5.74) is 7.47. The summed E-state index contributed by atoms with van der Waals surface area (Å²) in [6.45, 7) is 2.57. The molecule has 1 aliphatic heterocycles. The average molecular weight is 446 g/mol. The highest BCUT2D eigenvalue weighted by Crippen LogP contribution is 2.28. The van der Waals surface area contributed by atoms with Crippen LogP contribution in [0.15, 0.2) is 53.4 Å². The molecule has 31 heavy (non-hydrogen) atoms. The molecule has 0 spiro atoms. The van der Waals surface area contributed by atoms with Crippen LogP contribution in [0.5, 0.6) is 0 Å². The molecule has 1 fully saturated rings. The predicted octanol–water partition coefficient (Wildman–Crippen LogP) is 2.52. The van der Waals surface area contributed by atoms with E-state index in [4.69, 9.17) is 5.73 Å². The predicted molar refractivity (Wildman–Crippen MR) is 118 cm³/mol. The largest absolute Gasteiger partial charge is 0.338 e. The SMILES string of the molecule is CCCCNC(=O)Nc1ccc(S(=O)(=O)N2C[C@H](c3ccccc3)NC2=O)cc1CN. The van der Waals surface area contributed by atoms with Crippen molar-refractivity contribution in [2.45, 2.75) is 37.2 Å². The van der Waals surface area contributed by atoms with Gasteiger partial charge in [0.15, 0.2) is 0 Å². The molecule has 5 N–H and O–H groups in total. The van der Waals surface area contributed by atoms with Crippen LogP contribution < -0.4 is 21.7 Å². The lowest BCUT2D eigenvalue weighted by atomic mass is 10.1. The average Bonchev–Trinajstić information content (AvgIpc) is 3.17. The van der Waals surface area contributed by atoms with E-state index in [2.05, 4.69) is 16.0 Å². The summed E-state index contributed by atoms with van der Waals surface area (Å²) >= 11 is 0. The van der Waals surface area contributed by atoms with Gasteiger partial charge in [-0.2, -0.15) is 0 Å². The molecule has 9 nitrogen and oxygen atoms in total. The topological polar surface area (TPSA) is 134 Å². The number of carbonyl (C=O) groups excluding carboxylic acids is 2. The number of rotatable bonds is 8. The third-order valence-corrected chi connectivity index (χ3v) is 6.77. The fourth-order valence-electron chi connectivity index (χ4n) is 3.29. The van der Waals surface area contributed by atoms with Gasteiger partial charge in [-0.05, 0) is 35.7 Å². The molecule has 0 bridgehead atoms. The molecule has 0 aliphatic carbocycles. The van der Waals surface area contributed by atoms with Crippen LogP contribution in [0.4, 0.5) is 15.3 Å². The zero-order chi connectivity index (χ0) is 22.4. The van der Waals surface area contributed by atoms with Crippen molar-refractivity contribution in [1.29, 1.82) is 0 Å². The van der Waals surface area contributed by atoms with E-state index in [9.17, 15) is 18.0 Å². The summed E-state index contributed by atoms with van der Waals surface area (Å²) in [7, 11) is -4.09. The fourth-order valence-corrected chi connectivity index (χ4v) is 4.69. The van der Waals surface area contributed by atoms with Gasteiger partial charge in [0.2, 0.25) is 0 Å². The van der Waals surface area contributed by atoms with E-state index < -0.39 is 22.1 Å². The Morgan fingerprint density at radius 1 is 1.23 bits per heavy atom. The second kappa shape index (κ2) is 9.80. The molecule has 0 saturated carbocycles. The van der Waals surface area contributed by atoms with Gasteiger partial charge < -0.3 is 21.7 Å². The van der Waals surface area contributed by atoms with Crippen LogP contribution in [-0.2, 0) is 16.6 Å². The third kappa shape index (κ3) is 5.15. The van der Waals surface area contributed by atoms with Crippen LogP contribution in [0.2, 0.25) is 0 Å². The van der Waals surface area contributed by atoms with Gasteiger partial charge in [-0.3, -0.25) is 0 Å². The van der Waals surface area contributed by atoms with Crippen LogP contribution in [0.1, 0.15) is 36.9 Å². The van der Waals surface area contributed by atoms with Crippen molar-refractivity contribution in [3.8, 4) is 0 Å². The highest BCUT2D eigenvalue weighted by molar-refractivity contribution is 7.89. The zero-order valence-electron chi connectivity index (χ0n) is 17.3. The van der Waals surface area contributed by atoms with E-state index in [1.54, 1.807) is 0 Å². The van der Waals surface area contributed by atoms with Crippen molar-refractivity contribution >= 4 is 27.8 Å². The highest BCUT2D eigenvalue weighted by Gasteiger charge is 2.38. The van der Waals surface area contributed by atoms with Crippen LogP contribution in [0.25, 0.3) is 0 Å². The molecule has 2 aromatic rings. The van der Waals surface area contributed by atoms with E-state index in [0.717, 1.165) is 22.7 Å². The quantitative estimate of drug-likeness (QED) is 0.463. The van der Waals surface area contributed by atoms with Crippen molar-refractivity contribution in [2.75, 3.05) is 18.4 Å². The third-order valence-electron chi connectivity index (χ3n) is 5.02. The summed E-state index contributed by atoms with van der Waals surface area (Å²) in [5.74, 6) is 0. The van der Waals surface area contributed by atoms with Gasteiger partial charge in [0.25, 0.3) is 10.0 Å². The number of sulfonamides is 1. The standard InChI is InChI=1S/C21H27N5O4S/c1-2-3-11-23-20(27)24-18-10-9-17(12-16(18)13-22)31(29,30)26-14-19(25-21(26)28)15-7-5-4-6-8-15/h4-10,12,19H,2-3,11,13-14,22H2,1H3,(H,25,28)(H2,23,24,27)/t19-/m1/s1. The molecule has 166 valence electrons. The number of hydrogen-bond acceptors (Lipinski definition) is 5. The van der Waals surface area contributed by atoms with E-state index in [1.807, 2.05) is 37.3 Å². The van der Waals surface area contributed by atoms with Gasteiger partial charge in [0, 0.05) is 18.8 Å². The van der Waals surface area contributed by atoms with Crippen molar-refractivity contribution in [3.63, 3.8) is 0 Å². The number of hydrogen-bond donors (Lipinski definition) is 4. The molecule has 1 atom stereocenters. The van der Waals surface area contributed by atoms with Crippen molar-refractivity contribution in [2.24, 2.45) is 5.73 Å². The Hall–Kier alpha value is -3.11. The Morgan fingerprint density at radius 2 is 1.97 bits per heavy atom. The first-order valence-corrected chi connectivity index (χ1v) is 11.6. The van der Waals surface area contributed by atoms with Gasteiger partial charge in [0.05, 0.1) is 17.5 Å². The summed E-state index contributed by atoms with van der Waals surface area (Å²) in [6.07, 6.45) is 1.81. The van der Waals surface area contributed by atoms with Gasteiger partial charge in [-0.25, -0.2) is 22.3 Å². The fraction of sp³-hybridized carbons (Fsp3) is 0.333. The number of nitrogens with two attached hydrogens (primary N) is 1. The van der Waals surface area contributed by atoms with Gasteiger partial charge >= 0.3 is 12.1 Å². The van der Waals surface area contributed by atoms with E-state index in [0.29, 0.717) is 17.8 Å². The first kappa shape index (κ1) is 22.6. The van der Waals surface area contributed by atoms with Gasteiger partial charge in [-0.15, -0.1) is 0 Å². The molecule has 0 aromatic heterocycles. The maximum atomic E-state index is 13.1. The minimum Gasteiger partial charge on any atom is -0.338 e. The second-order valence-electron chi connectivity index (χ2n) is 7.21. The van der Waals surface area contributed by atoms with Crippen LogP contribution in [0, 0.1) is 0 Å². The molecule has 3 rings (SSSR count).